The van der Waals surface area contributed by atoms with E-state index in [2.05, 4.69) is 21.2 Å². The van der Waals surface area contributed by atoms with Crippen molar-refractivity contribution in [1.29, 1.82) is 0 Å². The number of phenols is 1. The van der Waals surface area contributed by atoms with Crippen LogP contribution in [-0.4, -0.2) is 11.7 Å². The Kier molecular flexibility index (Phi) is 1.72. The smallest absolute Gasteiger partial charge is 0.147 e. The Bertz CT molecular complexity index is 340. The van der Waals surface area contributed by atoms with Crippen molar-refractivity contribution in [3.8, 4) is 5.75 Å². The molecular weight excluding hydrogens is 225 g/mol. The molecule has 2 nitrogen and oxygen atoms in total. The quantitative estimate of drug-likeness (QED) is 0.719. The molecule has 4 heteroatoms. The number of nitrogens with one attached hydrogen (secondary N) is 1. The molecule has 2 N–H and O–H groups in total. The standard InChI is InChI=1S/C8H7BrFNO/c9-5-3-6(10)7-4(8(5)12)1-2-11-7/h3,11-12H,1-2H2. The Balaban J connectivity index is 2.69. The largest absolute Gasteiger partial charge is 0.506 e. The van der Waals surface area contributed by atoms with E-state index in [0.717, 1.165) is 0 Å². The van der Waals surface area contributed by atoms with Crippen molar-refractivity contribution in [1.82, 2.24) is 0 Å². The highest BCUT2D eigenvalue weighted by atomic mass is 79.9. The summed E-state index contributed by atoms with van der Waals surface area (Å²) in [6.45, 7) is 0.691. The van der Waals surface area contributed by atoms with Crippen LogP contribution in [0.5, 0.6) is 5.75 Å². The van der Waals surface area contributed by atoms with E-state index in [-0.39, 0.29) is 11.6 Å². The van der Waals surface area contributed by atoms with Crippen molar-refractivity contribution in [2.45, 2.75) is 6.42 Å². The molecule has 0 radical (unpaired) electrons. The van der Waals surface area contributed by atoms with Gasteiger partial charge in [-0.2, -0.15) is 0 Å². The number of hydrogen-bond acceptors (Lipinski definition) is 2. The zero-order valence-electron chi connectivity index (χ0n) is 6.19. The van der Waals surface area contributed by atoms with E-state index in [4.69, 9.17) is 0 Å². The Morgan fingerprint density at radius 2 is 2.33 bits per heavy atom. The van der Waals surface area contributed by atoms with Crippen LogP contribution in [0.2, 0.25) is 0 Å². The summed E-state index contributed by atoms with van der Waals surface area (Å²) in [5.74, 6) is -0.163. The molecule has 1 aromatic rings. The number of halogens is 2. The monoisotopic (exact) mass is 231 g/mol. The molecule has 0 atom stereocenters. The molecule has 1 heterocycles. The summed E-state index contributed by atoms with van der Waals surface area (Å²) < 4.78 is 13.5. The molecule has 1 aromatic carbocycles. The van der Waals surface area contributed by atoms with Gasteiger partial charge in [-0.15, -0.1) is 0 Å². The minimum absolute atomic E-state index is 0.149. The SMILES string of the molecule is Oc1c(Br)cc(F)c2c1CCN2. The third kappa shape index (κ3) is 0.982. The second kappa shape index (κ2) is 2.62. The van der Waals surface area contributed by atoms with Gasteiger partial charge in [0.15, 0.2) is 0 Å². The maximum absolute atomic E-state index is 13.1. The lowest BCUT2D eigenvalue weighted by atomic mass is 10.1. The van der Waals surface area contributed by atoms with Crippen LogP contribution in [0.1, 0.15) is 5.56 Å². The average molecular weight is 232 g/mol. The molecule has 12 heavy (non-hydrogen) atoms. The zero-order valence-corrected chi connectivity index (χ0v) is 7.78. The molecule has 0 fully saturated rings. The molecule has 0 unspecified atom stereocenters. The van der Waals surface area contributed by atoms with Crippen LogP contribution in [0.25, 0.3) is 0 Å². The third-order valence-electron chi connectivity index (χ3n) is 1.98. The van der Waals surface area contributed by atoms with Gasteiger partial charge in [-0.05, 0) is 28.4 Å². The molecular formula is C8H7BrFNO. The van der Waals surface area contributed by atoms with Crippen LogP contribution in [0.3, 0.4) is 0 Å². The fourth-order valence-corrected chi connectivity index (χ4v) is 1.85. The zero-order chi connectivity index (χ0) is 8.72. The molecule has 0 bridgehead atoms. The van der Waals surface area contributed by atoms with Gasteiger partial charge >= 0.3 is 0 Å². The van der Waals surface area contributed by atoms with Gasteiger partial charge in [0.2, 0.25) is 0 Å². The van der Waals surface area contributed by atoms with Gasteiger partial charge in [0.05, 0.1) is 10.2 Å². The van der Waals surface area contributed by atoms with E-state index in [1.54, 1.807) is 0 Å². The lowest BCUT2D eigenvalue weighted by molar-refractivity contribution is 0.464. The predicted molar refractivity (Wildman–Crippen MR) is 48.0 cm³/mol. The molecule has 1 aliphatic heterocycles. The van der Waals surface area contributed by atoms with Gasteiger partial charge < -0.3 is 10.4 Å². The Hall–Kier alpha value is -0.770. The number of rotatable bonds is 0. The van der Waals surface area contributed by atoms with Crippen LogP contribution < -0.4 is 5.32 Å². The first-order valence-electron chi connectivity index (χ1n) is 3.64. The van der Waals surface area contributed by atoms with Crippen LogP contribution >= 0.6 is 15.9 Å². The summed E-state index contributed by atoms with van der Waals surface area (Å²) in [5, 5.41) is 12.4. The van der Waals surface area contributed by atoms with Gasteiger partial charge in [0, 0.05) is 12.1 Å². The van der Waals surface area contributed by atoms with Crippen molar-refractivity contribution >= 4 is 21.6 Å². The normalized spacial score (nSPS) is 14.2. The number of anilines is 1. The van der Waals surface area contributed by atoms with E-state index in [0.29, 0.717) is 28.7 Å². The number of benzene rings is 1. The minimum atomic E-state index is -0.313. The molecule has 0 saturated carbocycles. The summed E-state index contributed by atoms with van der Waals surface area (Å²) in [4.78, 5) is 0. The second-order valence-electron chi connectivity index (χ2n) is 2.72. The van der Waals surface area contributed by atoms with Crippen LogP contribution in [0, 0.1) is 5.82 Å². The maximum Gasteiger partial charge on any atom is 0.147 e. The van der Waals surface area contributed by atoms with Gasteiger partial charge in [-0.25, -0.2) is 4.39 Å². The fraction of sp³-hybridized carbons (Fsp3) is 0.250. The van der Waals surface area contributed by atoms with Gasteiger partial charge in [-0.3, -0.25) is 0 Å². The predicted octanol–water partition coefficient (Wildman–Crippen LogP) is 2.26. The van der Waals surface area contributed by atoms with Gasteiger partial charge in [-0.1, -0.05) is 0 Å². The van der Waals surface area contributed by atoms with E-state index in [9.17, 15) is 9.50 Å². The van der Waals surface area contributed by atoms with Crippen molar-refractivity contribution in [3.05, 3.63) is 21.9 Å². The molecule has 0 saturated heterocycles. The van der Waals surface area contributed by atoms with Crippen molar-refractivity contribution in [2.75, 3.05) is 11.9 Å². The maximum atomic E-state index is 13.1. The fourth-order valence-electron chi connectivity index (χ4n) is 1.41. The van der Waals surface area contributed by atoms with E-state index in [1.165, 1.54) is 6.07 Å². The number of phenolic OH excluding ortho intramolecular Hbond substituents is 1. The lowest BCUT2D eigenvalue weighted by Gasteiger charge is -2.05. The van der Waals surface area contributed by atoms with Crippen molar-refractivity contribution in [2.24, 2.45) is 0 Å². The van der Waals surface area contributed by atoms with E-state index >= 15 is 0 Å². The summed E-state index contributed by atoms with van der Waals surface area (Å²) in [7, 11) is 0. The summed E-state index contributed by atoms with van der Waals surface area (Å²) in [6.07, 6.45) is 0.678. The Labute approximate surface area is 77.5 Å². The highest BCUT2D eigenvalue weighted by molar-refractivity contribution is 9.10. The second-order valence-corrected chi connectivity index (χ2v) is 3.57. The first-order valence-corrected chi connectivity index (χ1v) is 4.43. The molecule has 0 aromatic heterocycles. The highest BCUT2D eigenvalue weighted by Gasteiger charge is 2.20. The summed E-state index contributed by atoms with van der Waals surface area (Å²) in [6, 6.07) is 1.27. The van der Waals surface area contributed by atoms with E-state index in [1.807, 2.05) is 0 Å². The number of aromatic hydroxyl groups is 1. The van der Waals surface area contributed by atoms with Crippen molar-refractivity contribution < 1.29 is 9.50 Å². The average Bonchev–Trinajstić information content (AvgIpc) is 2.48. The third-order valence-corrected chi connectivity index (χ3v) is 2.59. The molecule has 0 aliphatic carbocycles. The summed E-state index contributed by atoms with van der Waals surface area (Å²) >= 11 is 3.08. The molecule has 0 amide bonds. The van der Waals surface area contributed by atoms with Crippen LogP contribution in [-0.2, 0) is 6.42 Å². The highest BCUT2D eigenvalue weighted by Crippen LogP contribution is 2.38. The number of fused-ring (bicyclic) bond motifs is 1. The van der Waals surface area contributed by atoms with Gasteiger partial charge in [0.25, 0.3) is 0 Å². The minimum Gasteiger partial charge on any atom is -0.506 e. The molecule has 64 valence electrons. The topological polar surface area (TPSA) is 32.3 Å². The Morgan fingerprint density at radius 1 is 1.58 bits per heavy atom. The molecule has 1 aliphatic rings. The first-order chi connectivity index (χ1) is 5.70. The molecule has 0 spiro atoms. The van der Waals surface area contributed by atoms with Gasteiger partial charge in [0.1, 0.15) is 11.6 Å². The first kappa shape index (κ1) is 7.86. The number of hydrogen-bond donors (Lipinski definition) is 2. The molecule has 2 rings (SSSR count). The van der Waals surface area contributed by atoms with Crippen molar-refractivity contribution in [3.63, 3.8) is 0 Å². The van der Waals surface area contributed by atoms with E-state index < -0.39 is 0 Å². The van der Waals surface area contributed by atoms with Crippen LogP contribution in [0.4, 0.5) is 10.1 Å². The summed E-state index contributed by atoms with van der Waals surface area (Å²) in [5.41, 5.74) is 1.11. The lowest BCUT2D eigenvalue weighted by Crippen LogP contribution is -1.93. The Morgan fingerprint density at radius 3 is 3.08 bits per heavy atom. The van der Waals surface area contributed by atoms with Crippen LogP contribution in [0.15, 0.2) is 10.5 Å².